The quantitative estimate of drug-likeness (QED) is 0.777. The Morgan fingerprint density at radius 1 is 0.880 bits per heavy atom. The van der Waals surface area contributed by atoms with E-state index in [4.69, 9.17) is 0 Å². The van der Waals surface area contributed by atoms with Crippen molar-refractivity contribution >= 4 is 11.8 Å². The molecule has 0 aliphatic carbocycles. The summed E-state index contributed by atoms with van der Waals surface area (Å²) < 4.78 is 0. The van der Waals surface area contributed by atoms with Crippen molar-refractivity contribution in [3.8, 4) is 0 Å². The van der Waals surface area contributed by atoms with Crippen LogP contribution in [0.3, 0.4) is 0 Å². The van der Waals surface area contributed by atoms with Gasteiger partial charge in [-0.15, -0.1) is 0 Å². The maximum absolute atomic E-state index is 12.6. The molecule has 2 rings (SSSR count). The first kappa shape index (κ1) is 18.7. The Balaban J connectivity index is 2.01. The summed E-state index contributed by atoms with van der Waals surface area (Å²) >= 11 is 0. The molecule has 2 aromatic rings. The summed E-state index contributed by atoms with van der Waals surface area (Å²) in [5, 5.41) is 5.81. The first-order valence-electron chi connectivity index (χ1n) is 8.69. The summed E-state index contributed by atoms with van der Waals surface area (Å²) in [6.07, 6.45) is 0.891. The molecule has 0 saturated heterocycles. The van der Waals surface area contributed by atoms with Crippen molar-refractivity contribution in [2.75, 3.05) is 0 Å². The van der Waals surface area contributed by atoms with E-state index in [-0.39, 0.29) is 17.7 Å². The second-order valence-electron chi connectivity index (χ2n) is 6.61. The SMILES string of the molecule is CC(C)CC(=O)NC(Cc1ccccc1)C(=O)NCc1ccccc1. The molecule has 0 bridgehead atoms. The van der Waals surface area contributed by atoms with Crippen molar-refractivity contribution in [2.24, 2.45) is 5.92 Å². The van der Waals surface area contributed by atoms with Crippen molar-refractivity contribution < 1.29 is 9.59 Å². The zero-order chi connectivity index (χ0) is 18.1. The Morgan fingerprint density at radius 2 is 1.44 bits per heavy atom. The van der Waals surface area contributed by atoms with Crippen LogP contribution in [0.1, 0.15) is 31.4 Å². The molecule has 1 atom stereocenters. The summed E-state index contributed by atoms with van der Waals surface area (Å²) in [6.45, 7) is 4.42. The van der Waals surface area contributed by atoms with Gasteiger partial charge < -0.3 is 10.6 Å². The number of nitrogens with one attached hydrogen (secondary N) is 2. The van der Waals surface area contributed by atoms with E-state index in [0.717, 1.165) is 11.1 Å². The lowest BCUT2D eigenvalue weighted by atomic mass is 10.0. The minimum atomic E-state index is -0.572. The number of carbonyl (C=O) groups is 2. The minimum Gasteiger partial charge on any atom is -0.350 e. The molecule has 25 heavy (non-hydrogen) atoms. The molecule has 0 aliphatic rings. The van der Waals surface area contributed by atoms with Gasteiger partial charge in [-0.2, -0.15) is 0 Å². The van der Waals surface area contributed by atoms with Crippen LogP contribution in [0, 0.1) is 5.92 Å². The molecule has 0 heterocycles. The molecule has 4 nitrogen and oxygen atoms in total. The van der Waals surface area contributed by atoms with Crippen LogP contribution in [0.25, 0.3) is 0 Å². The highest BCUT2D eigenvalue weighted by Crippen LogP contribution is 2.06. The van der Waals surface area contributed by atoms with Gasteiger partial charge in [0.1, 0.15) is 6.04 Å². The third-order valence-electron chi connectivity index (χ3n) is 3.84. The number of benzene rings is 2. The molecule has 0 fully saturated rings. The Kier molecular flexibility index (Phi) is 7.20. The lowest BCUT2D eigenvalue weighted by Crippen LogP contribution is -2.48. The van der Waals surface area contributed by atoms with E-state index in [2.05, 4.69) is 10.6 Å². The average Bonchev–Trinajstić information content (AvgIpc) is 2.60. The highest BCUT2D eigenvalue weighted by Gasteiger charge is 2.21. The molecule has 2 amide bonds. The van der Waals surface area contributed by atoms with Gasteiger partial charge in [0.2, 0.25) is 11.8 Å². The van der Waals surface area contributed by atoms with E-state index in [0.29, 0.717) is 19.4 Å². The number of carbonyl (C=O) groups excluding carboxylic acids is 2. The monoisotopic (exact) mass is 338 g/mol. The van der Waals surface area contributed by atoms with E-state index in [1.165, 1.54) is 0 Å². The largest absolute Gasteiger partial charge is 0.350 e. The second-order valence-corrected chi connectivity index (χ2v) is 6.61. The summed E-state index contributed by atoms with van der Waals surface area (Å²) in [5.41, 5.74) is 2.05. The summed E-state index contributed by atoms with van der Waals surface area (Å²) in [4.78, 5) is 24.8. The first-order chi connectivity index (χ1) is 12.0. The molecule has 0 spiro atoms. The third-order valence-corrected chi connectivity index (χ3v) is 3.84. The molecule has 132 valence electrons. The molecular weight excluding hydrogens is 312 g/mol. The molecule has 0 saturated carbocycles. The van der Waals surface area contributed by atoms with Crippen molar-refractivity contribution in [3.05, 3.63) is 71.8 Å². The molecule has 4 heteroatoms. The fourth-order valence-corrected chi connectivity index (χ4v) is 2.59. The first-order valence-corrected chi connectivity index (χ1v) is 8.69. The number of rotatable bonds is 8. The Bertz CT molecular complexity index is 669. The summed E-state index contributed by atoms with van der Waals surface area (Å²) in [7, 11) is 0. The van der Waals surface area contributed by atoms with E-state index >= 15 is 0 Å². The van der Waals surface area contributed by atoms with Crippen LogP contribution in [0.15, 0.2) is 60.7 Å². The van der Waals surface area contributed by atoms with Gasteiger partial charge in [0.25, 0.3) is 0 Å². The van der Waals surface area contributed by atoms with Crippen molar-refractivity contribution in [2.45, 2.75) is 39.3 Å². The zero-order valence-corrected chi connectivity index (χ0v) is 14.9. The fraction of sp³-hybridized carbons (Fsp3) is 0.333. The molecular formula is C21H26N2O2. The van der Waals surface area contributed by atoms with Crippen LogP contribution < -0.4 is 10.6 Å². The van der Waals surface area contributed by atoms with Crippen LogP contribution in [0.2, 0.25) is 0 Å². The van der Waals surface area contributed by atoms with Crippen LogP contribution in [0.5, 0.6) is 0 Å². The predicted octanol–water partition coefficient (Wildman–Crippen LogP) is 3.08. The molecule has 0 aliphatic heterocycles. The van der Waals surface area contributed by atoms with Crippen LogP contribution in [-0.2, 0) is 22.6 Å². The summed E-state index contributed by atoms with van der Waals surface area (Å²) in [6, 6.07) is 18.9. The van der Waals surface area contributed by atoms with Crippen molar-refractivity contribution in [3.63, 3.8) is 0 Å². The molecule has 0 radical (unpaired) electrons. The van der Waals surface area contributed by atoms with Crippen molar-refractivity contribution in [1.29, 1.82) is 0 Å². The van der Waals surface area contributed by atoms with E-state index < -0.39 is 6.04 Å². The van der Waals surface area contributed by atoms with Crippen molar-refractivity contribution in [1.82, 2.24) is 10.6 Å². The van der Waals surface area contributed by atoms with Crippen LogP contribution in [0.4, 0.5) is 0 Å². The van der Waals surface area contributed by atoms with E-state index in [9.17, 15) is 9.59 Å². The van der Waals surface area contributed by atoms with E-state index in [1.54, 1.807) is 0 Å². The normalized spacial score (nSPS) is 11.8. The fourth-order valence-electron chi connectivity index (χ4n) is 2.59. The van der Waals surface area contributed by atoms with Gasteiger partial charge in [-0.1, -0.05) is 74.5 Å². The van der Waals surface area contributed by atoms with Gasteiger partial charge in [0.15, 0.2) is 0 Å². The smallest absolute Gasteiger partial charge is 0.243 e. The van der Waals surface area contributed by atoms with Gasteiger partial charge >= 0.3 is 0 Å². The molecule has 0 aromatic heterocycles. The van der Waals surface area contributed by atoms with Gasteiger partial charge in [-0.05, 0) is 17.0 Å². The zero-order valence-electron chi connectivity index (χ0n) is 14.9. The van der Waals surface area contributed by atoms with Gasteiger partial charge in [0, 0.05) is 19.4 Å². The van der Waals surface area contributed by atoms with Crippen LogP contribution >= 0.6 is 0 Å². The number of hydrogen-bond acceptors (Lipinski definition) is 2. The molecule has 2 aromatic carbocycles. The maximum atomic E-state index is 12.6. The maximum Gasteiger partial charge on any atom is 0.243 e. The molecule has 2 N–H and O–H groups in total. The Hall–Kier alpha value is -2.62. The average molecular weight is 338 g/mol. The number of hydrogen-bond donors (Lipinski definition) is 2. The lowest BCUT2D eigenvalue weighted by molar-refractivity contribution is -0.129. The lowest BCUT2D eigenvalue weighted by Gasteiger charge is -2.19. The number of amides is 2. The summed E-state index contributed by atoms with van der Waals surface area (Å²) in [5.74, 6) is 0.000333. The predicted molar refractivity (Wildman–Crippen MR) is 99.8 cm³/mol. The highest BCUT2D eigenvalue weighted by molar-refractivity contribution is 5.87. The third kappa shape index (κ3) is 6.79. The van der Waals surface area contributed by atoms with Crippen LogP contribution in [-0.4, -0.2) is 17.9 Å². The Labute approximate surface area is 149 Å². The minimum absolute atomic E-state index is 0.0919. The van der Waals surface area contributed by atoms with Gasteiger partial charge in [-0.25, -0.2) is 0 Å². The van der Waals surface area contributed by atoms with Gasteiger partial charge in [0.05, 0.1) is 0 Å². The Morgan fingerprint density at radius 3 is 2.00 bits per heavy atom. The van der Waals surface area contributed by atoms with E-state index in [1.807, 2.05) is 74.5 Å². The second kappa shape index (κ2) is 9.62. The topological polar surface area (TPSA) is 58.2 Å². The van der Waals surface area contributed by atoms with Gasteiger partial charge in [-0.3, -0.25) is 9.59 Å². The molecule has 1 unspecified atom stereocenters. The highest BCUT2D eigenvalue weighted by atomic mass is 16.2. The standard InChI is InChI=1S/C21H26N2O2/c1-16(2)13-20(24)23-19(14-17-9-5-3-6-10-17)21(25)22-15-18-11-7-4-8-12-18/h3-12,16,19H,13-15H2,1-2H3,(H,22,25)(H,23,24).